The van der Waals surface area contributed by atoms with Gasteiger partial charge in [-0.2, -0.15) is 0 Å². The Morgan fingerprint density at radius 1 is 1.12 bits per heavy atom. The molecule has 0 aromatic rings. The number of carbonyl (C=O) groups excluding carboxylic acids is 2. The van der Waals surface area contributed by atoms with Crippen LogP contribution in [0.3, 0.4) is 0 Å². The molecule has 0 heterocycles. The van der Waals surface area contributed by atoms with Gasteiger partial charge in [-0.3, -0.25) is 9.59 Å². The van der Waals surface area contributed by atoms with Crippen molar-refractivity contribution in [2.24, 2.45) is 0 Å². The van der Waals surface area contributed by atoms with Crippen molar-refractivity contribution < 1.29 is 23.8 Å². The SMILES string of the molecule is CCC(C)OCC(COC(C)=O)OC(C)=O. The number of hydrogen-bond acceptors (Lipinski definition) is 5. The minimum Gasteiger partial charge on any atom is -0.462 e. The number of ether oxygens (including phenoxy) is 3. The van der Waals surface area contributed by atoms with E-state index in [9.17, 15) is 9.59 Å². The standard InChI is InChI=1S/C11H20O5/c1-5-8(2)14-6-11(16-10(4)13)7-15-9(3)12/h8,11H,5-7H2,1-4H3. The van der Waals surface area contributed by atoms with Crippen molar-refractivity contribution >= 4 is 11.9 Å². The van der Waals surface area contributed by atoms with E-state index < -0.39 is 18.0 Å². The van der Waals surface area contributed by atoms with Gasteiger partial charge in [0.15, 0.2) is 6.10 Å². The normalized spacial score (nSPS) is 14.0. The third kappa shape index (κ3) is 8.23. The molecular weight excluding hydrogens is 212 g/mol. The summed E-state index contributed by atoms with van der Waals surface area (Å²) in [5, 5.41) is 0. The lowest BCUT2D eigenvalue weighted by atomic mass is 10.3. The summed E-state index contributed by atoms with van der Waals surface area (Å²) in [4.78, 5) is 21.4. The van der Waals surface area contributed by atoms with Crippen LogP contribution >= 0.6 is 0 Å². The predicted molar refractivity (Wildman–Crippen MR) is 57.9 cm³/mol. The van der Waals surface area contributed by atoms with Crippen LogP contribution in [0.5, 0.6) is 0 Å². The lowest BCUT2D eigenvalue weighted by molar-refractivity contribution is -0.161. The summed E-state index contributed by atoms with van der Waals surface area (Å²) in [6, 6.07) is 0. The van der Waals surface area contributed by atoms with Crippen molar-refractivity contribution in [1.82, 2.24) is 0 Å². The first-order valence-electron chi connectivity index (χ1n) is 5.37. The summed E-state index contributed by atoms with van der Waals surface area (Å²) < 4.78 is 15.1. The minimum absolute atomic E-state index is 0.0331. The van der Waals surface area contributed by atoms with Crippen molar-refractivity contribution in [3.63, 3.8) is 0 Å². The van der Waals surface area contributed by atoms with Gasteiger partial charge >= 0.3 is 11.9 Å². The third-order valence-corrected chi connectivity index (χ3v) is 1.95. The predicted octanol–water partition coefficient (Wildman–Crippen LogP) is 1.30. The second kappa shape index (κ2) is 8.10. The molecule has 0 radical (unpaired) electrons. The Labute approximate surface area is 96.1 Å². The minimum atomic E-state index is -0.532. The fraction of sp³-hybridized carbons (Fsp3) is 0.818. The van der Waals surface area contributed by atoms with Gasteiger partial charge in [0.2, 0.25) is 0 Å². The van der Waals surface area contributed by atoms with Gasteiger partial charge in [-0.1, -0.05) is 6.92 Å². The van der Waals surface area contributed by atoms with Crippen LogP contribution < -0.4 is 0 Å². The molecule has 0 aliphatic heterocycles. The summed E-state index contributed by atoms with van der Waals surface area (Å²) in [5.74, 6) is -0.814. The fourth-order valence-corrected chi connectivity index (χ4v) is 0.951. The Balaban J connectivity index is 3.99. The van der Waals surface area contributed by atoms with E-state index in [1.54, 1.807) is 0 Å². The highest BCUT2D eigenvalue weighted by Gasteiger charge is 2.15. The van der Waals surface area contributed by atoms with E-state index in [0.29, 0.717) is 0 Å². The van der Waals surface area contributed by atoms with Crippen molar-refractivity contribution in [2.45, 2.75) is 46.3 Å². The number of carbonyl (C=O) groups is 2. The van der Waals surface area contributed by atoms with E-state index in [2.05, 4.69) is 0 Å². The zero-order valence-corrected chi connectivity index (χ0v) is 10.3. The number of esters is 2. The molecule has 0 fully saturated rings. The quantitative estimate of drug-likeness (QED) is 0.619. The van der Waals surface area contributed by atoms with Crippen molar-refractivity contribution in [2.75, 3.05) is 13.2 Å². The Hall–Kier alpha value is -1.10. The third-order valence-electron chi connectivity index (χ3n) is 1.95. The lowest BCUT2D eigenvalue weighted by Gasteiger charge is -2.19. The van der Waals surface area contributed by atoms with E-state index >= 15 is 0 Å². The molecule has 0 rings (SSSR count). The highest BCUT2D eigenvalue weighted by atomic mass is 16.6. The maximum Gasteiger partial charge on any atom is 0.303 e. The molecule has 0 amide bonds. The van der Waals surface area contributed by atoms with Crippen LogP contribution in [-0.2, 0) is 23.8 Å². The van der Waals surface area contributed by atoms with E-state index in [0.717, 1.165) is 6.42 Å². The molecule has 0 bridgehead atoms. The van der Waals surface area contributed by atoms with Gasteiger partial charge in [0.25, 0.3) is 0 Å². The van der Waals surface area contributed by atoms with E-state index in [1.807, 2.05) is 13.8 Å². The topological polar surface area (TPSA) is 61.8 Å². The van der Waals surface area contributed by atoms with Gasteiger partial charge in [0.1, 0.15) is 6.61 Å². The molecule has 0 saturated carbocycles. The number of hydrogen-bond donors (Lipinski definition) is 0. The molecular formula is C11H20O5. The average molecular weight is 232 g/mol. The molecule has 5 nitrogen and oxygen atoms in total. The molecule has 0 N–H and O–H groups in total. The molecule has 2 unspecified atom stereocenters. The van der Waals surface area contributed by atoms with E-state index in [-0.39, 0.29) is 19.3 Å². The molecule has 0 saturated heterocycles. The first kappa shape index (κ1) is 14.9. The summed E-state index contributed by atoms with van der Waals surface area (Å²) in [5.41, 5.74) is 0. The van der Waals surface area contributed by atoms with Crippen molar-refractivity contribution in [3.05, 3.63) is 0 Å². The fourth-order valence-electron chi connectivity index (χ4n) is 0.951. The van der Waals surface area contributed by atoms with Crippen LogP contribution in [0.25, 0.3) is 0 Å². The van der Waals surface area contributed by atoms with Gasteiger partial charge in [-0.05, 0) is 13.3 Å². The maximum atomic E-state index is 10.8. The summed E-state index contributed by atoms with van der Waals surface area (Å²) in [6.07, 6.45) is 0.436. The van der Waals surface area contributed by atoms with E-state index in [4.69, 9.17) is 14.2 Å². The lowest BCUT2D eigenvalue weighted by Crippen LogP contribution is -2.30. The highest BCUT2D eigenvalue weighted by molar-refractivity contribution is 5.67. The molecule has 0 aliphatic carbocycles. The van der Waals surface area contributed by atoms with Crippen LogP contribution in [0.1, 0.15) is 34.1 Å². The highest BCUT2D eigenvalue weighted by Crippen LogP contribution is 2.01. The molecule has 0 aromatic carbocycles. The Bertz CT molecular complexity index is 226. The van der Waals surface area contributed by atoms with Crippen molar-refractivity contribution in [1.29, 1.82) is 0 Å². The summed E-state index contributed by atoms with van der Waals surface area (Å²) in [7, 11) is 0. The second-order valence-electron chi connectivity index (χ2n) is 3.59. The van der Waals surface area contributed by atoms with Gasteiger partial charge in [0, 0.05) is 13.8 Å². The molecule has 2 atom stereocenters. The number of rotatable bonds is 7. The summed E-state index contributed by atoms with van der Waals surface area (Å²) in [6.45, 7) is 6.81. The second-order valence-corrected chi connectivity index (χ2v) is 3.59. The Morgan fingerprint density at radius 3 is 2.19 bits per heavy atom. The van der Waals surface area contributed by atoms with Gasteiger partial charge < -0.3 is 14.2 Å². The van der Waals surface area contributed by atoms with Crippen LogP contribution in [0.4, 0.5) is 0 Å². The van der Waals surface area contributed by atoms with Crippen molar-refractivity contribution in [3.8, 4) is 0 Å². The van der Waals surface area contributed by atoms with Crippen LogP contribution in [0, 0.1) is 0 Å². The Kier molecular flexibility index (Phi) is 7.54. The Morgan fingerprint density at radius 2 is 1.75 bits per heavy atom. The molecule has 94 valence electrons. The molecule has 0 aromatic heterocycles. The average Bonchev–Trinajstić information content (AvgIpc) is 2.20. The monoisotopic (exact) mass is 232 g/mol. The smallest absolute Gasteiger partial charge is 0.303 e. The molecule has 16 heavy (non-hydrogen) atoms. The molecule has 5 heteroatoms. The van der Waals surface area contributed by atoms with Gasteiger partial charge in [-0.25, -0.2) is 0 Å². The van der Waals surface area contributed by atoms with Gasteiger partial charge in [0.05, 0.1) is 12.7 Å². The van der Waals surface area contributed by atoms with Crippen LogP contribution in [0.2, 0.25) is 0 Å². The zero-order valence-electron chi connectivity index (χ0n) is 10.3. The van der Waals surface area contributed by atoms with E-state index in [1.165, 1.54) is 13.8 Å². The molecule has 0 spiro atoms. The van der Waals surface area contributed by atoms with Crippen LogP contribution in [0.15, 0.2) is 0 Å². The maximum absolute atomic E-state index is 10.8. The first-order chi connectivity index (χ1) is 7.45. The van der Waals surface area contributed by atoms with Gasteiger partial charge in [-0.15, -0.1) is 0 Å². The first-order valence-corrected chi connectivity index (χ1v) is 5.37. The largest absolute Gasteiger partial charge is 0.462 e. The zero-order chi connectivity index (χ0) is 12.6. The van der Waals surface area contributed by atoms with Crippen LogP contribution in [-0.4, -0.2) is 37.4 Å². The molecule has 0 aliphatic rings. The summed E-state index contributed by atoms with van der Waals surface area (Å²) >= 11 is 0.